The zero-order valence-electron chi connectivity index (χ0n) is 12.8. The molecule has 0 fully saturated rings. The van der Waals surface area contributed by atoms with E-state index in [1.165, 1.54) is 0 Å². The first-order valence-electron chi connectivity index (χ1n) is 7.55. The van der Waals surface area contributed by atoms with Gasteiger partial charge < -0.3 is 4.74 Å². The lowest BCUT2D eigenvalue weighted by atomic mass is 10.1. The fourth-order valence-corrected chi connectivity index (χ4v) is 2.89. The molecular weight excluding hydrogens is 284 g/mol. The second-order valence-electron chi connectivity index (χ2n) is 5.31. The number of hydrogen-bond acceptors (Lipinski definition) is 2. The second-order valence-corrected chi connectivity index (χ2v) is 5.31. The fraction of sp³-hybridized carbons (Fsp3) is 0.0500. The summed E-state index contributed by atoms with van der Waals surface area (Å²) in [7, 11) is 1.70. The van der Waals surface area contributed by atoms with Crippen molar-refractivity contribution in [2.75, 3.05) is 7.11 Å². The summed E-state index contributed by atoms with van der Waals surface area (Å²) in [5, 5.41) is 5.91. The Kier molecular flexibility index (Phi) is 3.31. The van der Waals surface area contributed by atoms with Crippen LogP contribution in [0.4, 0.5) is 0 Å². The van der Waals surface area contributed by atoms with E-state index in [-0.39, 0.29) is 0 Å². The van der Waals surface area contributed by atoms with Crippen molar-refractivity contribution in [1.29, 1.82) is 0 Å². The standard InChI is InChI=1S/C20H16N2O/c1-23-19-14-8-6-12-17(19)20-16-11-5-7-13-18(16)21-22(20)15-9-3-2-4-10-15/h2-14H,1H3. The molecule has 0 aliphatic heterocycles. The van der Waals surface area contributed by atoms with Crippen molar-refractivity contribution in [3.63, 3.8) is 0 Å². The summed E-state index contributed by atoms with van der Waals surface area (Å²) in [6, 6.07) is 26.4. The van der Waals surface area contributed by atoms with Crippen LogP contribution in [-0.2, 0) is 0 Å². The third-order valence-corrected chi connectivity index (χ3v) is 3.94. The van der Waals surface area contributed by atoms with Crippen LogP contribution < -0.4 is 4.74 Å². The van der Waals surface area contributed by atoms with Gasteiger partial charge in [-0.1, -0.05) is 48.5 Å². The lowest BCUT2D eigenvalue weighted by Crippen LogP contribution is -1.99. The third kappa shape index (κ3) is 2.27. The van der Waals surface area contributed by atoms with Crippen molar-refractivity contribution in [2.45, 2.75) is 0 Å². The van der Waals surface area contributed by atoms with Crippen LogP contribution in [0.2, 0.25) is 0 Å². The molecule has 0 saturated heterocycles. The molecule has 0 N–H and O–H groups in total. The first-order valence-corrected chi connectivity index (χ1v) is 7.55. The molecule has 0 unspecified atom stereocenters. The van der Waals surface area contributed by atoms with Gasteiger partial charge in [0.15, 0.2) is 0 Å². The van der Waals surface area contributed by atoms with Crippen LogP contribution in [0.3, 0.4) is 0 Å². The highest BCUT2D eigenvalue weighted by Crippen LogP contribution is 2.36. The molecular formula is C20H16N2O. The fourth-order valence-electron chi connectivity index (χ4n) is 2.89. The molecule has 0 spiro atoms. The first-order chi connectivity index (χ1) is 11.4. The minimum absolute atomic E-state index is 0.843. The van der Waals surface area contributed by atoms with E-state index in [0.717, 1.165) is 33.6 Å². The maximum atomic E-state index is 5.57. The number of fused-ring (bicyclic) bond motifs is 1. The number of nitrogens with zero attached hydrogens (tertiary/aromatic N) is 2. The normalized spacial score (nSPS) is 10.8. The molecule has 0 aliphatic carbocycles. The summed E-state index contributed by atoms with van der Waals surface area (Å²) >= 11 is 0. The van der Waals surface area contributed by atoms with Gasteiger partial charge in [0.1, 0.15) is 5.75 Å². The second kappa shape index (κ2) is 5.61. The summed E-state index contributed by atoms with van der Waals surface area (Å²) < 4.78 is 7.56. The Morgan fingerprint density at radius 3 is 2.30 bits per heavy atom. The number of methoxy groups -OCH3 is 1. The van der Waals surface area contributed by atoms with Crippen LogP contribution in [0.5, 0.6) is 5.75 Å². The highest BCUT2D eigenvalue weighted by molar-refractivity contribution is 5.95. The number of aromatic nitrogens is 2. The molecule has 1 heterocycles. The van der Waals surface area contributed by atoms with E-state index in [1.54, 1.807) is 7.11 Å². The number of ether oxygens (including phenoxy) is 1. The molecule has 3 nitrogen and oxygen atoms in total. The number of hydrogen-bond donors (Lipinski definition) is 0. The van der Waals surface area contributed by atoms with E-state index >= 15 is 0 Å². The molecule has 4 rings (SSSR count). The summed E-state index contributed by atoms with van der Waals surface area (Å²) in [5.74, 6) is 0.843. The van der Waals surface area contributed by atoms with E-state index < -0.39 is 0 Å². The van der Waals surface area contributed by atoms with Crippen LogP contribution in [0.25, 0.3) is 27.8 Å². The molecule has 0 atom stereocenters. The Balaban J connectivity index is 2.08. The maximum absolute atomic E-state index is 5.57. The monoisotopic (exact) mass is 300 g/mol. The summed E-state index contributed by atoms with van der Waals surface area (Å²) in [6.07, 6.45) is 0. The van der Waals surface area contributed by atoms with E-state index in [9.17, 15) is 0 Å². The van der Waals surface area contributed by atoms with E-state index in [0.29, 0.717) is 0 Å². The van der Waals surface area contributed by atoms with Gasteiger partial charge in [-0.05, 0) is 30.3 Å². The SMILES string of the molecule is COc1ccccc1-c1c2ccccc2nn1-c1ccccc1. The van der Waals surface area contributed by atoms with Crippen molar-refractivity contribution in [2.24, 2.45) is 0 Å². The molecule has 1 aromatic heterocycles. The summed E-state index contributed by atoms with van der Waals surface area (Å²) in [4.78, 5) is 0. The van der Waals surface area contributed by atoms with Gasteiger partial charge in [-0.25, -0.2) is 4.68 Å². The molecule has 112 valence electrons. The van der Waals surface area contributed by atoms with Crippen molar-refractivity contribution in [3.8, 4) is 22.7 Å². The highest BCUT2D eigenvalue weighted by atomic mass is 16.5. The minimum atomic E-state index is 0.843. The largest absolute Gasteiger partial charge is 0.496 e. The van der Waals surface area contributed by atoms with E-state index in [2.05, 4.69) is 24.3 Å². The van der Waals surface area contributed by atoms with Gasteiger partial charge in [0.25, 0.3) is 0 Å². The summed E-state index contributed by atoms with van der Waals surface area (Å²) in [6.45, 7) is 0. The van der Waals surface area contributed by atoms with Gasteiger partial charge in [0.2, 0.25) is 0 Å². The number of para-hydroxylation sites is 2. The molecule has 4 aromatic rings. The van der Waals surface area contributed by atoms with Crippen LogP contribution in [0.1, 0.15) is 0 Å². The molecule has 3 heteroatoms. The molecule has 0 aliphatic rings. The highest BCUT2D eigenvalue weighted by Gasteiger charge is 2.17. The van der Waals surface area contributed by atoms with Gasteiger partial charge in [-0.2, -0.15) is 5.10 Å². The van der Waals surface area contributed by atoms with Crippen molar-refractivity contribution >= 4 is 10.9 Å². The molecule has 0 saturated carbocycles. The maximum Gasteiger partial charge on any atom is 0.128 e. The zero-order chi connectivity index (χ0) is 15.6. The van der Waals surface area contributed by atoms with Gasteiger partial charge >= 0.3 is 0 Å². The third-order valence-electron chi connectivity index (χ3n) is 3.94. The Morgan fingerprint density at radius 2 is 1.48 bits per heavy atom. The van der Waals surface area contributed by atoms with E-state index in [1.807, 2.05) is 59.3 Å². The predicted octanol–water partition coefficient (Wildman–Crippen LogP) is 4.70. The van der Waals surface area contributed by atoms with Crippen LogP contribution in [-0.4, -0.2) is 16.9 Å². The quantitative estimate of drug-likeness (QED) is 0.548. The summed E-state index contributed by atoms with van der Waals surface area (Å²) in [5.41, 5.74) is 4.08. The predicted molar refractivity (Wildman–Crippen MR) is 93.1 cm³/mol. The lowest BCUT2D eigenvalue weighted by molar-refractivity contribution is 0.416. The lowest BCUT2D eigenvalue weighted by Gasteiger charge is -2.11. The Hall–Kier alpha value is -3.07. The number of rotatable bonds is 3. The Bertz CT molecular complexity index is 958. The average molecular weight is 300 g/mol. The average Bonchev–Trinajstić information content (AvgIpc) is 3.02. The minimum Gasteiger partial charge on any atom is -0.496 e. The van der Waals surface area contributed by atoms with Crippen LogP contribution >= 0.6 is 0 Å². The van der Waals surface area contributed by atoms with Crippen LogP contribution in [0, 0.1) is 0 Å². The molecule has 0 radical (unpaired) electrons. The van der Waals surface area contributed by atoms with Crippen molar-refractivity contribution in [1.82, 2.24) is 9.78 Å². The molecule has 0 amide bonds. The van der Waals surface area contributed by atoms with Gasteiger partial charge in [-0.15, -0.1) is 0 Å². The molecule has 23 heavy (non-hydrogen) atoms. The topological polar surface area (TPSA) is 27.1 Å². The van der Waals surface area contributed by atoms with Gasteiger partial charge in [-0.3, -0.25) is 0 Å². The first kappa shape index (κ1) is 13.6. The molecule has 0 bridgehead atoms. The van der Waals surface area contributed by atoms with Crippen molar-refractivity contribution < 1.29 is 4.74 Å². The molecule has 3 aromatic carbocycles. The van der Waals surface area contributed by atoms with E-state index in [4.69, 9.17) is 9.84 Å². The Labute approximate surface area is 134 Å². The van der Waals surface area contributed by atoms with Crippen LogP contribution in [0.15, 0.2) is 78.9 Å². The smallest absolute Gasteiger partial charge is 0.128 e. The van der Waals surface area contributed by atoms with Gasteiger partial charge in [0, 0.05) is 10.9 Å². The van der Waals surface area contributed by atoms with Gasteiger partial charge in [0.05, 0.1) is 24.0 Å². The zero-order valence-corrected chi connectivity index (χ0v) is 12.8. The number of benzene rings is 3. The Morgan fingerprint density at radius 1 is 0.783 bits per heavy atom. The van der Waals surface area contributed by atoms with Crippen molar-refractivity contribution in [3.05, 3.63) is 78.9 Å².